The maximum absolute atomic E-state index is 12.5. The Morgan fingerprint density at radius 3 is 2.73 bits per heavy atom. The minimum Gasteiger partial charge on any atom is -0.346 e. The summed E-state index contributed by atoms with van der Waals surface area (Å²) < 4.78 is 3.94. The number of aromatic nitrogens is 4. The number of carbonyl (C=O) groups excluding carboxylic acids is 1. The van der Waals surface area contributed by atoms with Crippen LogP contribution in [0.25, 0.3) is 11.0 Å². The molecule has 3 aromatic rings. The van der Waals surface area contributed by atoms with Crippen molar-refractivity contribution in [2.75, 3.05) is 0 Å². The second kappa shape index (κ2) is 8.17. The van der Waals surface area contributed by atoms with Gasteiger partial charge < -0.3 is 9.88 Å². The van der Waals surface area contributed by atoms with Gasteiger partial charge in [0.1, 0.15) is 5.82 Å². The Hall–Kier alpha value is -2.63. The quantitative estimate of drug-likeness (QED) is 0.674. The summed E-state index contributed by atoms with van der Waals surface area (Å²) in [5.74, 6) is 1.44. The van der Waals surface area contributed by atoms with Gasteiger partial charge in [0.15, 0.2) is 0 Å². The maximum Gasteiger partial charge on any atom is 0.220 e. The zero-order chi connectivity index (χ0) is 18.5. The monoisotopic (exact) mass is 353 g/mol. The van der Waals surface area contributed by atoms with E-state index in [2.05, 4.69) is 34.9 Å². The van der Waals surface area contributed by atoms with Crippen LogP contribution >= 0.6 is 0 Å². The predicted molar refractivity (Wildman–Crippen MR) is 103 cm³/mol. The van der Waals surface area contributed by atoms with E-state index in [0.717, 1.165) is 36.2 Å². The molecule has 0 spiro atoms. The van der Waals surface area contributed by atoms with Crippen LogP contribution in [0.2, 0.25) is 0 Å². The molecular weight excluding hydrogens is 326 g/mol. The number of imidazole rings is 1. The molecule has 0 fully saturated rings. The molecule has 1 atom stereocenters. The Bertz CT molecular complexity index is 850. The lowest BCUT2D eigenvalue weighted by Crippen LogP contribution is -2.31. The lowest BCUT2D eigenvalue weighted by molar-refractivity contribution is -0.122. The van der Waals surface area contributed by atoms with Gasteiger partial charge in [-0.3, -0.25) is 9.48 Å². The number of aryl methyl sites for hydroxylation is 2. The van der Waals surface area contributed by atoms with Crippen molar-refractivity contribution in [1.29, 1.82) is 0 Å². The fourth-order valence-corrected chi connectivity index (χ4v) is 3.28. The summed E-state index contributed by atoms with van der Waals surface area (Å²) in [5, 5.41) is 7.36. The summed E-state index contributed by atoms with van der Waals surface area (Å²) in [4.78, 5) is 17.3. The van der Waals surface area contributed by atoms with E-state index in [1.54, 1.807) is 6.20 Å². The molecule has 0 aliphatic heterocycles. The number of benzene rings is 1. The number of nitrogens with one attached hydrogen (secondary N) is 1. The van der Waals surface area contributed by atoms with E-state index in [-0.39, 0.29) is 11.9 Å². The first-order valence-corrected chi connectivity index (χ1v) is 9.22. The zero-order valence-corrected chi connectivity index (χ0v) is 15.7. The molecule has 0 radical (unpaired) electrons. The van der Waals surface area contributed by atoms with Crippen LogP contribution in [0.4, 0.5) is 0 Å². The Morgan fingerprint density at radius 1 is 1.23 bits per heavy atom. The molecule has 0 aliphatic carbocycles. The molecule has 0 aliphatic rings. The van der Waals surface area contributed by atoms with Gasteiger partial charge in [0, 0.05) is 32.4 Å². The van der Waals surface area contributed by atoms with Crippen LogP contribution < -0.4 is 5.32 Å². The molecule has 6 nitrogen and oxygen atoms in total. The van der Waals surface area contributed by atoms with E-state index in [9.17, 15) is 4.79 Å². The third-order valence-electron chi connectivity index (χ3n) is 4.53. The average molecular weight is 353 g/mol. The molecular formula is C20H27N5O. The first-order chi connectivity index (χ1) is 12.5. The molecule has 138 valence electrons. The number of hydrogen-bond acceptors (Lipinski definition) is 3. The van der Waals surface area contributed by atoms with Crippen molar-refractivity contribution in [1.82, 2.24) is 24.6 Å². The Labute approximate surface area is 154 Å². The fraction of sp³-hybridized carbons (Fsp3) is 0.450. The Balaban J connectivity index is 1.68. The number of carbonyl (C=O) groups is 1. The molecule has 1 amide bonds. The zero-order valence-electron chi connectivity index (χ0n) is 15.7. The van der Waals surface area contributed by atoms with Crippen molar-refractivity contribution in [3.63, 3.8) is 0 Å². The van der Waals surface area contributed by atoms with Gasteiger partial charge in [-0.15, -0.1) is 0 Å². The van der Waals surface area contributed by atoms with Crippen molar-refractivity contribution < 1.29 is 4.79 Å². The largest absolute Gasteiger partial charge is 0.346 e. The van der Waals surface area contributed by atoms with Crippen LogP contribution in [0.15, 0.2) is 42.7 Å². The first kappa shape index (κ1) is 18.2. The normalized spacial score (nSPS) is 12.6. The molecule has 0 saturated carbocycles. The topological polar surface area (TPSA) is 64.7 Å². The van der Waals surface area contributed by atoms with Crippen molar-refractivity contribution in [2.45, 2.75) is 45.7 Å². The van der Waals surface area contributed by atoms with Gasteiger partial charge in [0.05, 0.1) is 17.1 Å². The minimum atomic E-state index is -0.0791. The minimum absolute atomic E-state index is 0.0647. The number of para-hydroxylation sites is 2. The van der Waals surface area contributed by atoms with Crippen molar-refractivity contribution >= 4 is 16.9 Å². The Kier molecular flexibility index (Phi) is 5.71. The van der Waals surface area contributed by atoms with Crippen molar-refractivity contribution in [3.8, 4) is 0 Å². The SMILES string of the molecule is CC(C)C[C@@H](NC(=O)CCCn1cccn1)c1nc2ccccc2n1C. The van der Waals surface area contributed by atoms with Gasteiger partial charge in [-0.1, -0.05) is 26.0 Å². The number of hydrogen-bond donors (Lipinski definition) is 1. The molecule has 3 rings (SSSR count). The third-order valence-corrected chi connectivity index (χ3v) is 4.53. The smallest absolute Gasteiger partial charge is 0.220 e. The summed E-state index contributed by atoms with van der Waals surface area (Å²) in [6.45, 7) is 5.08. The molecule has 0 unspecified atom stereocenters. The highest BCUT2D eigenvalue weighted by molar-refractivity contribution is 5.78. The van der Waals surface area contributed by atoms with Crippen LogP contribution in [0.5, 0.6) is 0 Å². The standard InChI is InChI=1S/C20H27N5O/c1-15(2)14-17(20-23-16-8-4-5-9-18(16)24(20)3)22-19(26)10-6-12-25-13-7-11-21-25/h4-5,7-9,11,13,15,17H,6,10,12,14H2,1-3H3,(H,22,26)/t17-/m1/s1. The van der Waals surface area contributed by atoms with Crippen molar-refractivity contribution in [3.05, 3.63) is 48.5 Å². The average Bonchev–Trinajstić information content (AvgIpc) is 3.22. The van der Waals surface area contributed by atoms with Crippen LogP contribution in [-0.4, -0.2) is 25.2 Å². The molecule has 26 heavy (non-hydrogen) atoms. The highest BCUT2D eigenvalue weighted by Crippen LogP contribution is 2.24. The molecule has 0 bridgehead atoms. The van der Waals surface area contributed by atoms with Gasteiger partial charge in [0.2, 0.25) is 5.91 Å². The summed E-state index contributed by atoms with van der Waals surface area (Å²) in [6, 6.07) is 9.89. The number of fused-ring (bicyclic) bond motifs is 1. The van der Waals surface area contributed by atoms with Crippen molar-refractivity contribution in [2.24, 2.45) is 13.0 Å². The van der Waals surface area contributed by atoms with Crippen LogP contribution in [0, 0.1) is 5.92 Å². The highest BCUT2D eigenvalue weighted by atomic mass is 16.1. The van der Waals surface area contributed by atoms with E-state index in [0.29, 0.717) is 12.3 Å². The summed E-state index contributed by atoms with van der Waals surface area (Å²) in [6.07, 6.45) is 5.79. The highest BCUT2D eigenvalue weighted by Gasteiger charge is 2.21. The lowest BCUT2D eigenvalue weighted by Gasteiger charge is -2.20. The summed E-state index contributed by atoms with van der Waals surface area (Å²) in [5.41, 5.74) is 2.05. The maximum atomic E-state index is 12.5. The van der Waals surface area contributed by atoms with Gasteiger partial charge in [0.25, 0.3) is 0 Å². The van der Waals surface area contributed by atoms with E-state index < -0.39 is 0 Å². The van der Waals surface area contributed by atoms with Gasteiger partial charge >= 0.3 is 0 Å². The van der Waals surface area contributed by atoms with E-state index in [1.807, 2.05) is 42.2 Å². The Morgan fingerprint density at radius 2 is 2.04 bits per heavy atom. The van der Waals surface area contributed by atoms with E-state index in [4.69, 9.17) is 4.98 Å². The third kappa shape index (κ3) is 4.31. The predicted octanol–water partition coefficient (Wildman–Crippen LogP) is 3.45. The van der Waals surface area contributed by atoms with E-state index >= 15 is 0 Å². The van der Waals surface area contributed by atoms with Gasteiger partial charge in [-0.05, 0) is 37.0 Å². The number of rotatable bonds is 8. The second-order valence-electron chi connectivity index (χ2n) is 7.14. The second-order valence-corrected chi connectivity index (χ2v) is 7.14. The molecule has 0 saturated heterocycles. The fourth-order valence-electron chi connectivity index (χ4n) is 3.28. The molecule has 6 heteroatoms. The van der Waals surface area contributed by atoms with Crippen LogP contribution in [0.3, 0.4) is 0 Å². The number of amides is 1. The van der Waals surface area contributed by atoms with E-state index in [1.165, 1.54) is 0 Å². The molecule has 1 aromatic carbocycles. The molecule has 1 N–H and O–H groups in total. The lowest BCUT2D eigenvalue weighted by atomic mass is 10.0. The van der Waals surface area contributed by atoms with Crippen LogP contribution in [-0.2, 0) is 18.4 Å². The van der Waals surface area contributed by atoms with Crippen LogP contribution in [0.1, 0.15) is 45.0 Å². The summed E-state index contributed by atoms with van der Waals surface area (Å²) >= 11 is 0. The number of nitrogens with zero attached hydrogens (tertiary/aromatic N) is 4. The first-order valence-electron chi connectivity index (χ1n) is 9.22. The van der Waals surface area contributed by atoms with Gasteiger partial charge in [-0.2, -0.15) is 5.10 Å². The summed E-state index contributed by atoms with van der Waals surface area (Å²) in [7, 11) is 2.02. The van der Waals surface area contributed by atoms with Gasteiger partial charge in [-0.25, -0.2) is 4.98 Å². The molecule has 2 aromatic heterocycles. The molecule has 2 heterocycles.